The van der Waals surface area contributed by atoms with Crippen LogP contribution in [0.1, 0.15) is 31.7 Å². The molecular formula is C15H17F3N4O4. The minimum Gasteiger partial charge on any atom is -0.466 e. The van der Waals surface area contributed by atoms with Crippen LogP contribution in [-0.4, -0.2) is 38.1 Å². The summed E-state index contributed by atoms with van der Waals surface area (Å²) < 4.78 is 42.5. The maximum Gasteiger partial charge on any atom is 0.433 e. The number of Topliss-reactive ketones (excluding diaryl/α,β-unsaturated/α-hetero) is 1. The van der Waals surface area contributed by atoms with Crippen molar-refractivity contribution < 1.29 is 27.5 Å². The van der Waals surface area contributed by atoms with Crippen LogP contribution >= 0.6 is 0 Å². The fourth-order valence-corrected chi connectivity index (χ4v) is 1.69. The average Bonchev–Trinajstić information content (AvgIpc) is 2.85. The van der Waals surface area contributed by atoms with E-state index < -0.39 is 23.4 Å². The maximum atomic E-state index is 12.4. The van der Waals surface area contributed by atoms with Crippen LogP contribution in [0, 0.1) is 6.92 Å². The van der Waals surface area contributed by atoms with Crippen molar-refractivity contribution in [1.29, 1.82) is 0 Å². The number of ether oxygens (including phenoxy) is 1. The van der Waals surface area contributed by atoms with Gasteiger partial charge in [-0.3, -0.25) is 19.5 Å². The molecule has 0 atom stereocenters. The van der Waals surface area contributed by atoms with Gasteiger partial charge < -0.3 is 4.74 Å². The molecule has 26 heavy (non-hydrogen) atoms. The van der Waals surface area contributed by atoms with Crippen molar-refractivity contribution in [3.63, 3.8) is 0 Å². The molecule has 0 amide bonds. The van der Waals surface area contributed by atoms with Gasteiger partial charge in [0.25, 0.3) is 11.5 Å². The minimum atomic E-state index is -4.57. The van der Waals surface area contributed by atoms with E-state index in [1.54, 1.807) is 13.8 Å². The van der Waals surface area contributed by atoms with E-state index in [-0.39, 0.29) is 18.2 Å². The molecule has 0 bridgehead atoms. The normalized spacial score (nSPS) is 10.7. The Bertz CT molecular complexity index is 827. The summed E-state index contributed by atoms with van der Waals surface area (Å²) in [7, 11) is 0. The van der Waals surface area contributed by atoms with Crippen LogP contribution in [0.3, 0.4) is 0 Å². The molecule has 8 nitrogen and oxygen atoms in total. The van der Waals surface area contributed by atoms with Gasteiger partial charge >= 0.3 is 12.1 Å². The summed E-state index contributed by atoms with van der Waals surface area (Å²) in [5.41, 5.74) is -1.10. The van der Waals surface area contributed by atoms with E-state index in [0.29, 0.717) is 12.3 Å². The Hall–Kier alpha value is -2.98. The fraction of sp³-hybridized carbons (Fsp3) is 0.400. The van der Waals surface area contributed by atoms with Crippen molar-refractivity contribution in [2.24, 2.45) is 0 Å². The van der Waals surface area contributed by atoms with Crippen molar-refractivity contribution in [3.05, 3.63) is 40.1 Å². The molecular weight excluding hydrogens is 357 g/mol. The first kappa shape index (κ1) is 21.1. The number of carbonyl (C=O) groups excluding carboxylic acids is 2. The summed E-state index contributed by atoms with van der Waals surface area (Å²) in [5, 5.41) is 2.55. The number of alkyl halides is 3. The third kappa shape index (κ3) is 6.49. The number of hydrogen-bond donors (Lipinski definition) is 1. The molecule has 0 aliphatic heterocycles. The summed E-state index contributed by atoms with van der Waals surface area (Å²) in [6.45, 7) is 5.01. The highest BCUT2D eigenvalue weighted by Gasteiger charge is 2.33. The zero-order chi connectivity index (χ0) is 19.9. The minimum absolute atomic E-state index is 0.103. The lowest BCUT2D eigenvalue weighted by Crippen LogP contribution is -2.19. The predicted octanol–water partition coefficient (Wildman–Crippen LogP) is 1.81. The number of nitrogens with one attached hydrogen (secondary N) is 1. The quantitative estimate of drug-likeness (QED) is 0.646. The topological polar surface area (TPSA) is 107 Å². The number of aromatic nitrogens is 4. The van der Waals surface area contributed by atoms with Crippen molar-refractivity contribution in [1.82, 2.24) is 19.7 Å². The van der Waals surface area contributed by atoms with Crippen LogP contribution in [0.2, 0.25) is 0 Å². The van der Waals surface area contributed by atoms with Gasteiger partial charge in [0, 0.05) is 18.0 Å². The summed E-state index contributed by atoms with van der Waals surface area (Å²) in [6.07, 6.45) is -3.72. The Morgan fingerprint density at radius 2 is 2.00 bits per heavy atom. The monoisotopic (exact) mass is 374 g/mol. The SMILES string of the molecule is CCOC(=O)CC(C)=O.Cc1cc(=O)n(-c2nccc(C(F)(F)F)n2)[nH]1. The number of ketones is 1. The van der Waals surface area contributed by atoms with E-state index in [0.717, 1.165) is 16.9 Å². The molecule has 11 heteroatoms. The molecule has 0 saturated carbocycles. The van der Waals surface area contributed by atoms with Gasteiger partial charge in [-0.2, -0.15) is 17.9 Å². The Labute approximate surface area is 146 Å². The highest BCUT2D eigenvalue weighted by atomic mass is 19.4. The van der Waals surface area contributed by atoms with Crippen LogP contribution in [0.5, 0.6) is 0 Å². The van der Waals surface area contributed by atoms with Gasteiger partial charge in [0.2, 0.25) is 0 Å². The van der Waals surface area contributed by atoms with E-state index in [1.165, 1.54) is 13.0 Å². The maximum absolute atomic E-state index is 12.4. The van der Waals surface area contributed by atoms with E-state index in [2.05, 4.69) is 19.8 Å². The lowest BCUT2D eigenvalue weighted by atomic mass is 10.3. The standard InChI is InChI=1S/C9H7F3N4O.C6H10O3/c1-5-4-7(17)16(15-5)8-13-3-2-6(14-8)9(10,11)12;1-3-9-6(8)4-5(2)7/h2-4,15H,1H3;3-4H2,1-2H3. The summed E-state index contributed by atoms with van der Waals surface area (Å²) in [4.78, 5) is 38.9. The lowest BCUT2D eigenvalue weighted by molar-refractivity contribution is -0.145. The predicted molar refractivity (Wildman–Crippen MR) is 83.6 cm³/mol. The van der Waals surface area contributed by atoms with Gasteiger partial charge in [0.05, 0.1) is 6.61 Å². The second-order valence-corrected chi connectivity index (χ2v) is 5.04. The van der Waals surface area contributed by atoms with Crippen molar-refractivity contribution in [3.8, 4) is 5.95 Å². The third-order valence-corrected chi connectivity index (χ3v) is 2.68. The van der Waals surface area contributed by atoms with Crippen molar-refractivity contribution >= 4 is 11.8 Å². The Balaban J connectivity index is 0.000000321. The van der Waals surface area contributed by atoms with Crippen molar-refractivity contribution in [2.75, 3.05) is 6.61 Å². The fourth-order valence-electron chi connectivity index (χ4n) is 1.69. The van der Waals surface area contributed by atoms with E-state index in [1.807, 2.05) is 0 Å². The molecule has 2 aromatic rings. The van der Waals surface area contributed by atoms with E-state index in [9.17, 15) is 27.6 Å². The number of aromatic amines is 1. The number of rotatable bonds is 4. The lowest BCUT2D eigenvalue weighted by Gasteiger charge is -2.06. The largest absolute Gasteiger partial charge is 0.466 e. The second kappa shape index (κ2) is 8.92. The highest BCUT2D eigenvalue weighted by Crippen LogP contribution is 2.27. The van der Waals surface area contributed by atoms with Crippen LogP contribution in [0.4, 0.5) is 13.2 Å². The van der Waals surface area contributed by atoms with Crippen LogP contribution in [0.15, 0.2) is 23.1 Å². The smallest absolute Gasteiger partial charge is 0.433 e. The molecule has 0 aliphatic rings. The van der Waals surface area contributed by atoms with Gasteiger partial charge in [-0.15, -0.1) is 0 Å². The Morgan fingerprint density at radius 3 is 2.46 bits per heavy atom. The number of H-pyrrole nitrogens is 1. The average molecular weight is 374 g/mol. The first-order valence-electron chi connectivity index (χ1n) is 7.39. The molecule has 0 aromatic carbocycles. The number of halogens is 3. The molecule has 2 aromatic heterocycles. The zero-order valence-corrected chi connectivity index (χ0v) is 14.3. The van der Waals surface area contributed by atoms with Crippen LogP contribution < -0.4 is 5.56 Å². The van der Waals surface area contributed by atoms with Gasteiger partial charge in [-0.25, -0.2) is 9.97 Å². The van der Waals surface area contributed by atoms with E-state index >= 15 is 0 Å². The van der Waals surface area contributed by atoms with Gasteiger partial charge in [-0.1, -0.05) is 0 Å². The Morgan fingerprint density at radius 1 is 1.35 bits per heavy atom. The number of esters is 1. The number of nitrogens with zero attached hydrogens (tertiary/aromatic N) is 3. The molecule has 0 spiro atoms. The number of aryl methyl sites for hydroxylation is 1. The molecule has 0 radical (unpaired) electrons. The molecule has 0 saturated heterocycles. The Kier molecular flexibility index (Phi) is 7.23. The van der Waals surface area contributed by atoms with Crippen LogP contribution in [-0.2, 0) is 20.5 Å². The van der Waals surface area contributed by atoms with Gasteiger partial charge in [0.15, 0.2) is 0 Å². The third-order valence-electron chi connectivity index (χ3n) is 2.68. The molecule has 142 valence electrons. The number of hydrogen-bond acceptors (Lipinski definition) is 6. The summed E-state index contributed by atoms with van der Waals surface area (Å²) >= 11 is 0. The zero-order valence-electron chi connectivity index (χ0n) is 14.3. The molecule has 0 aliphatic carbocycles. The molecule has 2 heterocycles. The highest BCUT2D eigenvalue weighted by molar-refractivity contribution is 5.94. The summed E-state index contributed by atoms with van der Waals surface area (Å²) in [6, 6.07) is 1.98. The molecule has 1 N–H and O–H groups in total. The molecule has 2 rings (SSSR count). The number of carbonyl (C=O) groups is 2. The summed E-state index contributed by atoms with van der Waals surface area (Å²) in [5.74, 6) is -0.934. The first-order valence-corrected chi connectivity index (χ1v) is 7.39. The van der Waals surface area contributed by atoms with Crippen molar-refractivity contribution in [2.45, 2.75) is 33.4 Å². The second-order valence-electron chi connectivity index (χ2n) is 5.04. The first-order chi connectivity index (χ1) is 12.0. The van der Waals surface area contributed by atoms with E-state index in [4.69, 9.17) is 0 Å². The van der Waals surface area contributed by atoms with Gasteiger partial charge in [0.1, 0.15) is 17.9 Å². The van der Waals surface area contributed by atoms with Crippen LogP contribution in [0.25, 0.3) is 5.95 Å². The molecule has 0 fully saturated rings. The molecule has 0 unspecified atom stereocenters. The van der Waals surface area contributed by atoms with Gasteiger partial charge in [-0.05, 0) is 26.8 Å².